The molecule has 3 aromatic rings. The number of anilines is 2. The Labute approximate surface area is 175 Å². The van der Waals surface area contributed by atoms with Crippen molar-refractivity contribution in [1.82, 2.24) is 19.0 Å². The van der Waals surface area contributed by atoms with E-state index in [4.69, 9.17) is 4.74 Å². The van der Waals surface area contributed by atoms with Gasteiger partial charge >= 0.3 is 6.18 Å². The SMILES string of the molecule is Cc1cc(N2C[C@H]3CC[C@@H](C2)[C@@H]3Nc2nc3cccc(OCC(F)(F)F)n3n2)sn1. The molecule has 1 saturated heterocycles. The van der Waals surface area contributed by atoms with Crippen LogP contribution in [0.1, 0.15) is 18.5 Å². The number of alkyl halides is 3. The fourth-order valence-electron chi connectivity index (χ4n) is 4.49. The fourth-order valence-corrected chi connectivity index (χ4v) is 5.27. The molecule has 1 aliphatic heterocycles. The quantitative estimate of drug-likeness (QED) is 0.654. The van der Waals surface area contributed by atoms with Crippen molar-refractivity contribution in [2.24, 2.45) is 11.8 Å². The zero-order valence-electron chi connectivity index (χ0n) is 16.3. The molecule has 2 bridgehead atoms. The molecule has 0 aromatic carbocycles. The summed E-state index contributed by atoms with van der Waals surface area (Å²) < 4.78 is 48.1. The third kappa shape index (κ3) is 3.78. The van der Waals surface area contributed by atoms with Crippen molar-refractivity contribution in [3.05, 3.63) is 30.0 Å². The van der Waals surface area contributed by atoms with Crippen LogP contribution in [0.15, 0.2) is 24.3 Å². The number of aromatic nitrogens is 4. The van der Waals surface area contributed by atoms with Crippen LogP contribution in [-0.4, -0.2) is 50.9 Å². The second kappa shape index (κ2) is 7.29. The van der Waals surface area contributed by atoms with Gasteiger partial charge in [-0.25, -0.2) is 0 Å². The molecular formula is C19H21F3N6OS. The second-order valence-electron chi connectivity index (χ2n) is 7.95. The van der Waals surface area contributed by atoms with E-state index in [1.165, 1.54) is 27.1 Å². The average molecular weight is 438 g/mol. The number of rotatable bonds is 5. The van der Waals surface area contributed by atoms with E-state index in [9.17, 15) is 13.2 Å². The number of hydrogen-bond acceptors (Lipinski definition) is 7. The molecule has 11 heteroatoms. The Morgan fingerprint density at radius 1 is 1.23 bits per heavy atom. The summed E-state index contributed by atoms with van der Waals surface area (Å²) in [6, 6.07) is 7.13. The van der Waals surface area contributed by atoms with Gasteiger partial charge in [0.15, 0.2) is 12.3 Å². The molecule has 2 aliphatic rings. The Kier molecular flexibility index (Phi) is 4.72. The molecule has 1 saturated carbocycles. The lowest BCUT2D eigenvalue weighted by atomic mass is 9.92. The van der Waals surface area contributed by atoms with Crippen molar-refractivity contribution in [3.63, 3.8) is 0 Å². The molecule has 3 aromatic heterocycles. The number of halogens is 3. The van der Waals surface area contributed by atoms with Crippen LogP contribution in [0.5, 0.6) is 5.88 Å². The van der Waals surface area contributed by atoms with Gasteiger partial charge in [-0.3, -0.25) is 0 Å². The van der Waals surface area contributed by atoms with Crippen molar-refractivity contribution >= 4 is 28.1 Å². The van der Waals surface area contributed by atoms with Crippen LogP contribution in [0.2, 0.25) is 0 Å². The summed E-state index contributed by atoms with van der Waals surface area (Å²) in [6.45, 7) is 2.53. The summed E-state index contributed by atoms with van der Waals surface area (Å²) in [7, 11) is 0. The number of fused-ring (bicyclic) bond motifs is 3. The van der Waals surface area contributed by atoms with Gasteiger partial charge in [0.1, 0.15) is 5.00 Å². The third-order valence-electron chi connectivity index (χ3n) is 5.77. The number of ether oxygens (including phenoxy) is 1. The number of hydrogen-bond donors (Lipinski definition) is 1. The number of piperidine rings is 1. The maximum Gasteiger partial charge on any atom is 0.422 e. The first-order valence-corrected chi connectivity index (χ1v) is 10.6. The first-order chi connectivity index (χ1) is 14.4. The van der Waals surface area contributed by atoms with E-state index < -0.39 is 12.8 Å². The molecular weight excluding hydrogens is 417 g/mol. The predicted molar refractivity (Wildman–Crippen MR) is 107 cm³/mol. The van der Waals surface area contributed by atoms with Gasteiger partial charge in [0.25, 0.3) is 0 Å². The lowest BCUT2D eigenvalue weighted by molar-refractivity contribution is -0.154. The molecule has 4 heterocycles. The second-order valence-corrected chi connectivity index (χ2v) is 8.74. The summed E-state index contributed by atoms with van der Waals surface area (Å²) in [5, 5.41) is 9.02. The van der Waals surface area contributed by atoms with E-state index in [0.717, 1.165) is 31.6 Å². The lowest BCUT2D eigenvalue weighted by Gasteiger charge is -2.38. The third-order valence-corrected chi connectivity index (χ3v) is 6.71. The van der Waals surface area contributed by atoms with Gasteiger partial charge in [0, 0.05) is 25.2 Å². The van der Waals surface area contributed by atoms with E-state index in [1.54, 1.807) is 12.1 Å². The van der Waals surface area contributed by atoms with Crippen LogP contribution in [0.25, 0.3) is 5.65 Å². The zero-order valence-corrected chi connectivity index (χ0v) is 17.1. The number of aryl methyl sites for hydroxylation is 1. The van der Waals surface area contributed by atoms with Crippen LogP contribution in [0, 0.1) is 18.8 Å². The summed E-state index contributed by atoms with van der Waals surface area (Å²) in [6.07, 6.45) is -2.15. The average Bonchev–Trinajstić information content (AvgIpc) is 3.36. The highest BCUT2D eigenvalue weighted by Gasteiger charge is 2.43. The van der Waals surface area contributed by atoms with Gasteiger partial charge in [-0.1, -0.05) is 6.07 Å². The highest BCUT2D eigenvalue weighted by atomic mass is 32.1. The number of pyridine rings is 1. The first kappa shape index (κ1) is 19.4. The molecule has 3 atom stereocenters. The van der Waals surface area contributed by atoms with Crippen molar-refractivity contribution in [2.75, 3.05) is 29.9 Å². The summed E-state index contributed by atoms with van der Waals surface area (Å²) in [5.41, 5.74) is 1.49. The molecule has 1 aliphatic carbocycles. The van der Waals surface area contributed by atoms with Gasteiger partial charge in [0.2, 0.25) is 11.8 Å². The predicted octanol–water partition coefficient (Wildman–Crippen LogP) is 3.76. The molecule has 0 radical (unpaired) electrons. The van der Waals surface area contributed by atoms with E-state index in [0.29, 0.717) is 23.4 Å². The smallest absolute Gasteiger partial charge is 0.422 e. The number of nitrogens with one attached hydrogen (secondary N) is 1. The fraction of sp³-hybridized carbons (Fsp3) is 0.526. The van der Waals surface area contributed by atoms with Crippen LogP contribution < -0.4 is 15.0 Å². The Bertz CT molecular complexity index is 1040. The first-order valence-electron chi connectivity index (χ1n) is 9.86. The molecule has 5 rings (SSSR count). The topological polar surface area (TPSA) is 67.6 Å². The minimum Gasteiger partial charge on any atom is -0.468 e. The molecule has 0 amide bonds. The molecule has 160 valence electrons. The van der Waals surface area contributed by atoms with Crippen LogP contribution in [-0.2, 0) is 0 Å². The van der Waals surface area contributed by atoms with Gasteiger partial charge < -0.3 is 15.0 Å². The van der Waals surface area contributed by atoms with Crippen molar-refractivity contribution in [2.45, 2.75) is 32.0 Å². The van der Waals surface area contributed by atoms with Crippen molar-refractivity contribution in [1.29, 1.82) is 0 Å². The van der Waals surface area contributed by atoms with Gasteiger partial charge in [-0.15, -0.1) is 5.10 Å². The van der Waals surface area contributed by atoms with Crippen molar-refractivity contribution in [3.8, 4) is 5.88 Å². The van der Waals surface area contributed by atoms with E-state index in [-0.39, 0.29) is 11.9 Å². The monoisotopic (exact) mass is 438 g/mol. The largest absolute Gasteiger partial charge is 0.468 e. The lowest BCUT2D eigenvalue weighted by Crippen LogP contribution is -2.48. The van der Waals surface area contributed by atoms with E-state index in [1.807, 2.05) is 6.92 Å². The van der Waals surface area contributed by atoms with E-state index in [2.05, 4.69) is 30.7 Å². The van der Waals surface area contributed by atoms with Crippen LogP contribution >= 0.6 is 11.5 Å². The summed E-state index contributed by atoms with van der Waals surface area (Å²) in [4.78, 5) is 6.86. The molecule has 1 N–H and O–H groups in total. The van der Waals surface area contributed by atoms with Gasteiger partial charge in [-0.2, -0.15) is 27.0 Å². The molecule has 0 spiro atoms. The van der Waals surface area contributed by atoms with Crippen LogP contribution in [0.3, 0.4) is 0 Å². The zero-order chi connectivity index (χ0) is 20.9. The number of nitrogens with zero attached hydrogens (tertiary/aromatic N) is 5. The minimum atomic E-state index is -4.41. The minimum absolute atomic E-state index is 0.0173. The van der Waals surface area contributed by atoms with E-state index >= 15 is 0 Å². The maximum atomic E-state index is 12.5. The summed E-state index contributed by atoms with van der Waals surface area (Å²) in [5.74, 6) is 1.35. The molecule has 0 unspecified atom stereocenters. The summed E-state index contributed by atoms with van der Waals surface area (Å²) >= 11 is 1.54. The normalized spacial score (nSPS) is 23.9. The van der Waals surface area contributed by atoms with Gasteiger partial charge in [-0.05, 0) is 55.3 Å². The van der Waals surface area contributed by atoms with Crippen LogP contribution in [0.4, 0.5) is 24.1 Å². The highest BCUT2D eigenvalue weighted by molar-refractivity contribution is 7.10. The highest BCUT2D eigenvalue weighted by Crippen LogP contribution is 2.40. The van der Waals surface area contributed by atoms with Crippen molar-refractivity contribution < 1.29 is 17.9 Å². The Balaban J connectivity index is 1.31. The standard InChI is InChI=1S/C19H21F3N6OS/c1-11-7-16(30-26-11)27-8-12-5-6-13(9-27)17(12)24-18-23-14-3-2-4-15(28(14)25-18)29-10-19(20,21)22/h2-4,7,12-13,17H,5-6,8-10H2,1H3,(H,24,25)/t12-,13+,17-. The Hall–Kier alpha value is -2.56. The van der Waals surface area contributed by atoms with Gasteiger partial charge in [0.05, 0.1) is 5.69 Å². The molecule has 7 nitrogen and oxygen atoms in total. The Morgan fingerprint density at radius 2 is 2.00 bits per heavy atom. The molecule has 30 heavy (non-hydrogen) atoms. The maximum absolute atomic E-state index is 12.5. The Morgan fingerprint density at radius 3 is 2.67 bits per heavy atom. The molecule has 2 fully saturated rings.